The molecule has 1 aliphatic heterocycles. The summed E-state index contributed by atoms with van der Waals surface area (Å²) in [5.41, 5.74) is 1.58. The fourth-order valence-corrected chi connectivity index (χ4v) is 2.52. The van der Waals surface area contributed by atoms with Crippen molar-refractivity contribution in [1.29, 1.82) is 0 Å². The van der Waals surface area contributed by atoms with Crippen LogP contribution in [0, 0.1) is 0 Å². The minimum absolute atomic E-state index is 0.167. The summed E-state index contributed by atoms with van der Waals surface area (Å²) in [6, 6.07) is 7.22. The maximum atomic E-state index is 11.8. The second kappa shape index (κ2) is 8.33. The summed E-state index contributed by atoms with van der Waals surface area (Å²) in [7, 11) is 3.85. The van der Waals surface area contributed by atoms with E-state index in [0.29, 0.717) is 31.6 Å². The number of nitrogens with one attached hydrogen (secondary N) is 2. The van der Waals surface area contributed by atoms with Crippen molar-refractivity contribution in [2.75, 3.05) is 43.9 Å². The first-order valence-electron chi connectivity index (χ1n) is 8.11. The fraction of sp³-hybridized carbons (Fsp3) is 0.471. The van der Waals surface area contributed by atoms with Crippen molar-refractivity contribution < 1.29 is 14.4 Å². The summed E-state index contributed by atoms with van der Waals surface area (Å²) in [4.78, 5) is 38.8. The van der Waals surface area contributed by atoms with Crippen LogP contribution in [0.1, 0.15) is 19.3 Å². The van der Waals surface area contributed by atoms with E-state index in [0.717, 1.165) is 18.7 Å². The van der Waals surface area contributed by atoms with Gasteiger partial charge in [0.05, 0.1) is 0 Å². The highest BCUT2D eigenvalue weighted by molar-refractivity contribution is 6.39. The lowest BCUT2D eigenvalue weighted by Gasteiger charge is -2.15. The summed E-state index contributed by atoms with van der Waals surface area (Å²) in [6.07, 6.45) is 2.16. The third-order valence-electron chi connectivity index (χ3n) is 3.91. The van der Waals surface area contributed by atoms with Gasteiger partial charge in [0.2, 0.25) is 5.91 Å². The number of anilines is 2. The molecule has 0 aliphatic carbocycles. The molecule has 1 saturated heterocycles. The van der Waals surface area contributed by atoms with E-state index in [2.05, 4.69) is 10.6 Å². The Morgan fingerprint density at radius 1 is 1.17 bits per heavy atom. The van der Waals surface area contributed by atoms with Gasteiger partial charge in [-0.15, -0.1) is 0 Å². The van der Waals surface area contributed by atoms with E-state index < -0.39 is 11.8 Å². The van der Waals surface area contributed by atoms with Crippen LogP contribution >= 0.6 is 0 Å². The number of benzene rings is 1. The fourth-order valence-electron chi connectivity index (χ4n) is 2.52. The quantitative estimate of drug-likeness (QED) is 0.597. The molecule has 24 heavy (non-hydrogen) atoms. The molecule has 0 aromatic heterocycles. The van der Waals surface area contributed by atoms with Gasteiger partial charge >= 0.3 is 11.8 Å². The molecule has 7 nitrogen and oxygen atoms in total. The SMILES string of the molecule is CN(C)c1ccc(NC(=O)C(=O)NCCCN2CCCC2=O)cc1. The van der Waals surface area contributed by atoms with E-state index in [-0.39, 0.29) is 5.91 Å². The van der Waals surface area contributed by atoms with Gasteiger partial charge in [0.15, 0.2) is 0 Å². The molecule has 130 valence electrons. The van der Waals surface area contributed by atoms with Crippen LogP contribution in [0.3, 0.4) is 0 Å². The van der Waals surface area contributed by atoms with E-state index in [1.165, 1.54) is 0 Å². The Labute approximate surface area is 142 Å². The van der Waals surface area contributed by atoms with Crippen LogP contribution in [-0.4, -0.2) is 56.4 Å². The highest BCUT2D eigenvalue weighted by Crippen LogP contribution is 2.15. The van der Waals surface area contributed by atoms with Crippen LogP contribution in [0.25, 0.3) is 0 Å². The lowest BCUT2D eigenvalue weighted by Crippen LogP contribution is -2.37. The maximum absolute atomic E-state index is 11.8. The number of carbonyl (C=O) groups is 3. The number of hydrogen-bond acceptors (Lipinski definition) is 4. The van der Waals surface area contributed by atoms with Gasteiger partial charge in [-0.1, -0.05) is 0 Å². The second-order valence-corrected chi connectivity index (χ2v) is 5.99. The number of nitrogens with zero attached hydrogens (tertiary/aromatic N) is 2. The molecule has 2 rings (SSSR count). The lowest BCUT2D eigenvalue weighted by atomic mass is 10.2. The molecular formula is C17H24N4O3. The molecule has 0 bridgehead atoms. The Kier molecular flexibility index (Phi) is 6.17. The van der Waals surface area contributed by atoms with Crippen molar-refractivity contribution in [2.45, 2.75) is 19.3 Å². The van der Waals surface area contributed by atoms with Gasteiger partial charge in [0, 0.05) is 51.5 Å². The number of carbonyl (C=O) groups excluding carboxylic acids is 3. The maximum Gasteiger partial charge on any atom is 0.313 e. The molecule has 0 unspecified atom stereocenters. The molecule has 1 aliphatic rings. The Balaban J connectivity index is 1.69. The number of likely N-dealkylation sites (tertiary alicyclic amines) is 1. The second-order valence-electron chi connectivity index (χ2n) is 5.99. The van der Waals surface area contributed by atoms with Gasteiger partial charge in [0.25, 0.3) is 0 Å². The number of hydrogen-bond donors (Lipinski definition) is 2. The molecule has 0 atom stereocenters. The molecule has 1 heterocycles. The van der Waals surface area contributed by atoms with E-state index in [1.807, 2.05) is 31.1 Å². The Bertz CT molecular complexity index is 598. The molecule has 0 spiro atoms. The third-order valence-corrected chi connectivity index (χ3v) is 3.91. The largest absolute Gasteiger partial charge is 0.378 e. The number of amides is 3. The summed E-state index contributed by atoms with van der Waals surface area (Å²) >= 11 is 0. The first-order valence-corrected chi connectivity index (χ1v) is 8.11. The summed E-state index contributed by atoms with van der Waals surface area (Å²) in [5, 5.41) is 5.14. The van der Waals surface area contributed by atoms with Crippen molar-refractivity contribution in [3.63, 3.8) is 0 Å². The predicted molar refractivity (Wildman–Crippen MR) is 92.8 cm³/mol. The summed E-state index contributed by atoms with van der Waals surface area (Å²) in [6.45, 7) is 1.78. The molecule has 1 fully saturated rings. The van der Waals surface area contributed by atoms with Gasteiger partial charge in [-0.25, -0.2) is 0 Å². The normalized spacial score (nSPS) is 13.8. The number of rotatable bonds is 6. The van der Waals surface area contributed by atoms with Gasteiger partial charge < -0.3 is 20.4 Å². The smallest absolute Gasteiger partial charge is 0.313 e. The van der Waals surface area contributed by atoms with Gasteiger partial charge in [-0.3, -0.25) is 14.4 Å². The topological polar surface area (TPSA) is 81.8 Å². The summed E-state index contributed by atoms with van der Waals surface area (Å²) < 4.78 is 0. The van der Waals surface area contributed by atoms with E-state index in [4.69, 9.17) is 0 Å². The van der Waals surface area contributed by atoms with Crippen molar-refractivity contribution in [1.82, 2.24) is 10.2 Å². The molecule has 0 saturated carbocycles. The molecule has 1 aromatic carbocycles. The zero-order valence-electron chi connectivity index (χ0n) is 14.2. The zero-order valence-corrected chi connectivity index (χ0v) is 14.2. The van der Waals surface area contributed by atoms with Crippen LogP contribution < -0.4 is 15.5 Å². The van der Waals surface area contributed by atoms with E-state index in [1.54, 1.807) is 17.0 Å². The van der Waals surface area contributed by atoms with Crippen LogP contribution in [0.2, 0.25) is 0 Å². The van der Waals surface area contributed by atoms with Crippen molar-refractivity contribution in [3.05, 3.63) is 24.3 Å². The van der Waals surface area contributed by atoms with Crippen LogP contribution in [0.4, 0.5) is 11.4 Å². The Morgan fingerprint density at radius 2 is 1.88 bits per heavy atom. The minimum Gasteiger partial charge on any atom is -0.378 e. The van der Waals surface area contributed by atoms with Crippen LogP contribution in [0.15, 0.2) is 24.3 Å². The molecular weight excluding hydrogens is 308 g/mol. The predicted octanol–water partition coefficient (Wildman–Crippen LogP) is 0.820. The van der Waals surface area contributed by atoms with E-state index >= 15 is 0 Å². The minimum atomic E-state index is -0.690. The Morgan fingerprint density at radius 3 is 2.46 bits per heavy atom. The molecule has 3 amide bonds. The van der Waals surface area contributed by atoms with Gasteiger partial charge in [0.1, 0.15) is 0 Å². The molecule has 0 radical (unpaired) electrons. The van der Waals surface area contributed by atoms with Crippen molar-refractivity contribution in [3.8, 4) is 0 Å². The van der Waals surface area contributed by atoms with Crippen LogP contribution in [0.5, 0.6) is 0 Å². The first kappa shape index (κ1) is 17.8. The monoisotopic (exact) mass is 332 g/mol. The average Bonchev–Trinajstić information content (AvgIpc) is 2.97. The lowest BCUT2D eigenvalue weighted by molar-refractivity contribution is -0.136. The average molecular weight is 332 g/mol. The van der Waals surface area contributed by atoms with Crippen molar-refractivity contribution >= 4 is 29.1 Å². The molecule has 7 heteroatoms. The highest BCUT2D eigenvalue weighted by atomic mass is 16.2. The van der Waals surface area contributed by atoms with Gasteiger partial charge in [-0.2, -0.15) is 0 Å². The van der Waals surface area contributed by atoms with Gasteiger partial charge in [-0.05, 0) is 37.1 Å². The Hall–Kier alpha value is -2.57. The molecule has 1 aromatic rings. The highest BCUT2D eigenvalue weighted by Gasteiger charge is 2.19. The summed E-state index contributed by atoms with van der Waals surface area (Å²) in [5.74, 6) is -1.19. The zero-order chi connectivity index (χ0) is 17.5. The van der Waals surface area contributed by atoms with Crippen molar-refractivity contribution in [2.24, 2.45) is 0 Å². The van der Waals surface area contributed by atoms with E-state index in [9.17, 15) is 14.4 Å². The molecule has 2 N–H and O–H groups in total. The first-order chi connectivity index (χ1) is 11.5. The van der Waals surface area contributed by atoms with Crippen LogP contribution in [-0.2, 0) is 14.4 Å². The standard InChI is InChI=1S/C17H24N4O3/c1-20(2)14-8-6-13(7-9-14)19-17(24)16(23)18-10-4-12-21-11-3-5-15(21)22/h6-9H,3-5,10-12H2,1-2H3,(H,18,23)(H,19,24). The third kappa shape index (κ3) is 4.97.